The predicted octanol–water partition coefficient (Wildman–Crippen LogP) is 10.8. The molecule has 298 valence electrons. The van der Waals surface area contributed by atoms with Crippen molar-refractivity contribution in [1.29, 1.82) is 0 Å². The van der Waals surface area contributed by atoms with E-state index in [1.807, 2.05) is 44.2 Å². The smallest absolute Gasteiger partial charge is 0.305 e. The highest BCUT2D eigenvalue weighted by Gasteiger charge is 2.13. The molecule has 0 fully saturated rings. The van der Waals surface area contributed by atoms with Crippen LogP contribution in [-0.4, -0.2) is 50.5 Å². The number of rotatable bonds is 30. The minimum Gasteiger partial charge on any atom is -0.493 e. The number of amides is 1. The topological polar surface area (TPSA) is 94.1 Å². The molecule has 53 heavy (non-hydrogen) atoms. The van der Waals surface area contributed by atoms with E-state index in [4.69, 9.17) is 14.2 Å². The van der Waals surface area contributed by atoms with Crippen LogP contribution in [0, 0.1) is 17.8 Å². The van der Waals surface area contributed by atoms with Gasteiger partial charge < -0.3 is 24.6 Å². The third-order valence-electron chi connectivity index (χ3n) is 9.61. The van der Waals surface area contributed by atoms with Gasteiger partial charge in [0.2, 0.25) is 5.91 Å². The Morgan fingerprint density at radius 2 is 1.43 bits per heavy atom. The van der Waals surface area contributed by atoms with Crippen molar-refractivity contribution in [2.45, 2.75) is 162 Å². The molecule has 7 heteroatoms. The molecule has 1 amide bonds. The van der Waals surface area contributed by atoms with Crippen molar-refractivity contribution in [3.8, 4) is 23.3 Å². The van der Waals surface area contributed by atoms with Crippen molar-refractivity contribution in [3.63, 3.8) is 0 Å². The molecule has 2 atom stereocenters. The van der Waals surface area contributed by atoms with Gasteiger partial charge in [-0.1, -0.05) is 140 Å². The van der Waals surface area contributed by atoms with E-state index in [-0.39, 0.29) is 24.4 Å². The molecular formula is C46H73NO6. The number of methoxy groups -OCH3 is 2. The summed E-state index contributed by atoms with van der Waals surface area (Å²) in [5.74, 6) is 7.14. The normalized spacial score (nSPS) is 13.0. The lowest BCUT2D eigenvalue weighted by Gasteiger charge is -2.16. The monoisotopic (exact) mass is 736 g/mol. The highest BCUT2D eigenvalue weighted by atomic mass is 16.5. The van der Waals surface area contributed by atoms with Crippen molar-refractivity contribution in [3.05, 3.63) is 59.2 Å². The maximum absolute atomic E-state index is 12.4. The lowest BCUT2D eigenvalue weighted by atomic mass is 9.96. The quantitative estimate of drug-likeness (QED) is 0.0269. The fraction of sp³-hybridized carbons (Fsp3) is 0.652. The molecule has 0 bridgehead atoms. The summed E-state index contributed by atoms with van der Waals surface area (Å²) in [6.07, 6.45) is 29.9. The van der Waals surface area contributed by atoms with E-state index in [0.717, 1.165) is 36.8 Å². The molecule has 1 rings (SSSR count). The van der Waals surface area contributed by atoms with Crippen LogP contribution in [0.15, 0.2) is 53.6 Å². The average Bonchev–Trinajstić information content (AvgIpc) is 3.16. The molecule has 2 N–H and O–H groups in total. The fourth-order valence-corrected chi connectivity index (χ4v) is 6.11. The van der Waals surface area contributed by atoms with E-state index in [0.29, 0.717) is 42.9 Å². The van der Waals surface area contributed by atoms with Gasteiger partial charge in [0, 0.05) is 24.3 Å². The number of hydrogen-bond acceptors (Lipinski definition) is 6. The summed E-state index contributed by atoms with van der Waals surface area (Å²) in [5, 5.41) is 13.5. The average molecular weight is 736 g/mol. The number of hydrogen-bond donors (Lipinski definition) is 2. The SMILES string of the molecule is CCCCCCCCCCCCCCCCCC(=O)OCCNC(=O)/C(C)=C/CCC#C/C=C/[C@@H](C)[C@@H](O)/C(C)=C/CCc1ccc(OC)c(OC)c1. The molecule has 1 aromatic carbocycles. The van der Waals surface area contributed by atoms with Crippen LogP contribution in [0.5, 0.6) is 11.5 Å². The first kappa shape index (κ1) is 47.5. The van der Waals surface area contributed by atoms with Gasteiger partial charge in [-0.05, 0) is 68.9 Å². The van der Waals surface area contributed by atoms with Gasteiger partial charge in [-0.2, -0.15) is 0 Å². The van der Waals surface area contributed by atoms with Gasteiger partial charge in [0.25, 0.3) is 0 Å². The van der Waals surface area contributed by atoms with Crippen molar-refractivity contribution < 1.29 is 28.9 Å². The van der Waals surface area contributed by atoms with E-state index in [2.05, 4.69) is 30.2 Å². The van der Waals surface area contributed by atoms with Crippen LogP contribution in [0.25, 0.3) is 0 Å². The second-order valence-corrected chi connectivity index (χ2v) is 14.3. The standard InChI is InChI=1S/C46H73NO6/c1-7-8-9-10-11-12-13-14-15-16-17-18-19-23-26-32-44(48)53-36-35-47-46(50)40(4)29-25-22-20-21-24-28-38(2)45(49)39(3)30-27-31-41-33-34-42(51-5)43(37-41)52-6/h24,28-30,33-34,37-38,45,49H,7-19,22-23,25-27,31-32,35-36H2,1-6H3,(H,47,50)/b28-24+,39-30+,40-29+/t38-,45-/m1/s1. The molecule has 0 aliphatic carbocycles. The van der Waals surface area contributed by atoms with Gasteiger partial charge in [0.05, 0.1) is 26.9 Å². The Labute approximate surface area is 323 Å². The minimum absolute atomic E-state index is 0.0688. The summed E-state index contributed by atoms with van der Waals surface area (Å²) in [6.45, 7) is 8.46. The summed E-state index contributed by atoms with van der Waals surface area (Å²) in [7, 11) is 3.26. The Morgan fingerprint density at radius 3 is 2.04 bits per heavy atom. The van der Waals surface area contributed by atoms with Gasteiger partial charge in [-0.25, -0.2) is 0 Å². The number of aliphatic hydroxyl groups excluding tert-OH is 1. The van der Waals surface area contributed by atoms with Gasteiger partial charge in [-0.3, -0.25) is 9.59 Å². The van der Waals surface area contributed by atoms with Gasteiger partial charge in [0.1, 0.15) is 6.61 Å². The van der Waals surface area contributed by atoms with Crippen LogP contribution >= 0.6 is 0 Å². The first-order valence-corrected chi connectivity index (χ1v) is 20.5. The molecule has 0 aliphatic rings. The second kappa shape index (κ2) is 32.0. The lowest BCUT2D eigenvalue weighted by molar-refractivity contribution is -0.144. The number of allylic oxidation sites excluding steroid dienone is 3. The molecule has 7 nitrogen and oxygen atoms in total. The molecule has 0 aromatic heterocycles. The highest BCUT2D eigenvalue weighted by molar-refractivity contribution is 5.92. The van der Waals surface area contributed by atoms with Crippen LogP contribution in [0.2, 0.25) is 0 Å². The number of aryl methyl sites for hydroxylation is 1. The number of aliphatic hydroxyl groups is 1. The zero-order valence-corrected chi connectivity index (χ0v) is 34.2. The molecule has 0 unspecified atom stereocenters. The van der Waals surface area contributed by atoms with Crippen molar-refractivity contribution >= 4 is 11.9 Å². The summed E-state index contributed by atoms with van der Waals surface area (Å²) < 4.78 is 16.0. The first-order chi connectivity index (χ1) is 25.7. The van der Waals surface area contributed by atoms with Crippen LogP contribution in [0.3, 0.4) is 0 Å². The van der Waals surface area contributed by atoms with Gasteiger partial charge >= 0.3 is 5.97 Å². The third-order valence-corrected chi connectivity index (χ3v) is 9.61. The maximum atomic E-state index is 12.4. The van der Waals surface area contributed by atoms with Crippen LogP contribution < -0.4 is 14.8 Å². The molecule has 0 spiro atoms. The van der Waals surface area contributed by atoms with Crippen molar-refractivity contribution in [2.24, 2.45) is 5.92 Å². The fourth-order valence-electron chi connectivity index (χ4n) is 6.11. The molecule has 0 saturated carbocycles. The summed E-state index contributed by atoms with van der Waals surface area (Å²) >= 11 is 0. The number of carbonyl (C=O) groups is 2. The van der Waals surface area contributed by atoms with Crippen LogP contribution in [0.4, 0.5) is 0 Å². The van der Waals surface area contributed by atoms with Crippen LogP contribution in [-0.2, 0) is 20.7 Å². The first-order valence-electron chi connectivity index (χ1n) is 20.5. The zero-order chi connectivity index (χ0) is 38.9. The summed E-state index contributed by atoms with van der Waals surface area (Å²) in [6, 6.07) is 5.92. The zero-order valence-electron chi connectivity index (χ0n) is 34.2. The Balaban J connectivity index is 2.11. The number of benzene rings is 1. The van der Waals surface area contributed by atoms with Crippen molar-refractivity contribution in [1.82, 2.24) is 5.32 Å². The van der Waals surface area contributed by atoms with E-state index >= 15 is 0 Å². The van der Waals surface area contributed by atoms with E-state index in [1.165, 1.54) is 83.5 Å². The number of nitrogens with one attached hydrogen (secondary N) is 1. The minimum atomic E-state index is -0.579. The Kier molecular flexibility index (Phi) is 28.7. The van der Waals surface area contributed by atoms with E-state index in [9.17, 15) is 14.7 Å². The number of unbranched alkanes of at least 4 members (excludes halogenated alkanes) is 15. The Bertz CT molecular complexity index is 1290. The molecular weight excluding hydrogens is 663 g/mol. The largest absolute Gasteiger partial charge is 0.493 e. The molecule has 0 saturated heterocycles. The van der Waals surface area contributed by atoms with E-state index in [1.54, 1.807) is 27.2 Å². The van der Waals surface area contributed by atoms with Gasteiger partial charge in [-0.15, -0.1) is 0 Å². The van der Waals surface area contributed by atoms with Crippen LogP contribution in [0.1, 0.15) is 155 Å². The number of ether oxygens (including phenoxy) is 3. The van der Waals surface area contributed by atoms with Crippen molar-refractivity contribution in [2.75, 3.05) is 27.4 Å². The maximum Gasteiger partial charge on any atom is 0.305 e. The Hall–Kier alpha value is -3.50. The molecule has 1 aromatic rings. The highest BCUT2D eigenvalue weighted by Crippen LogP contribution is 2.28. The molecule has 0 radical (unpaired) electrons. The van der Waals surface area contributed by atoms with E-state index < -0.39 is 6.10 Å². The van der Waals surface area contributed by atoms with Gasteiger partial charge in [0.15, 0.2) is 11.5 Å². The second-order valence-electron chi connectivity index (χ2n) is 14.3. The molecule has 0 aliphatic heterocycles. The molecule has 0 heterocycles. The number of esters is 1. The third kappa shape index (κ3) is 24.4. The predicted molar refractivity (Wildman–Crippen MR) is 220 cm³/mol. The summed E-state index contributed by atoms with van der Waals surface area (Å²) in [4.78, 5) is 24.4. The summed E-state index contributed by atoms with van der Waals surface area (Å²) in [5.41, 5.74) is 2.70. The number of carbonyl (C=O) groups excluding carboxylic acids is 2. The Morgan fingerprint density at radius 1 is 0.830 bits per heavy atom. The lowest BCUT2D eigenvalue weighted by Crippen LogP contribution is -2.28.